The summed E-state index contributed by atoms with van der Waals surface area (Å²) in [6.07, 6.45) is -4.41. The normalized spacial score (nSPS) is 16.3. The maximum Gasteiger partial charge on any atom is 0.416 e. The lowest BCUT2D eigenvalue weighted by Gasteiger charge is -2.36. The number of rotatable bonds is 4. The average Bonchev–Trinajstić information content (AvgIpc) is 3.30. The fraction of sp³-hybridized carbons (Fsp3) is 0.320. The summed E-state index contributed by atoms with van der Waals surface area (Å²) >= 11 is 6.05. The summed E-state index contributed by atoms with van der Waals surface area (Å²) < 4.78 is 40.7. The molecular formula is C25H23ClF3N5O2. The van der Waals surface area contributed by atoms with Gasteiger partial charge in [-0.1, -0.05) is 29.8 Å². The van der Waals surface area contributed by atoms with E-state index in [2.05, 4.69) is 5.10 Å². The molecule has 0 bridgehead atoms. The van der Waals surface area contributed by atoms with Gasteiger partial charge in [0, 0.05) is 56.0 Å². The van der Waals surface area contributed by atoms with Crippen LogP contribution in [0.4, 0.5) is 18.9 Å². The van der Waals surface area contributed by atoms with E-state index in [-0.39, 0.29) is 17.5 Å². The number of benzene rings is 2. The molecule has 0 radical (unpaired) electrons. The predicted octanol–water partition coefficient (Wildman–Crippen LogP) is 4.17. The standard InChI is InChI=1S/C25H23ClF3N5O2/c26-19-5-1-3-17(13-19)16-33-11-12-34-22(24(33)36)15-21(30-34)23(35)32-9-7-31(8-10-32)20-6-2-4-18(14-20)25(27,28)29/h1-6,13-15H,7-12,16H2. The van der Waals surface area contributed by atoms with E-state index in [1.54, 1.807) is 26.6 Å². The van der Waals surface area contributed by atoms with Gasteiger partial charge in [0.1, 0.15) is 5.69 Å². The molecule has 0 N–H and O–H groups in total. The van der Waals surface area contributed by atoms with Crippen LogP contribution in [-0.2, 0) is 19.3 Å². The lowest BCUT2D eigenvalue weighted by molar-refractivity contribution is -0.137. The number of nitrogens with zero attached hydrogens (tertiary/aromatic N) is 5. The highest BCUT2D eigenvalue weighted by Gasteiger charge is 2.32. The summed E-state index contributed by atoms with van der Waals surface area (Å²) in [6, 6.07) is 14.0. The Labute approximate surface area is 210 Å². The van der Waals surface area contributed by atoms with Gasteiger partial charge in [-0.2, -0.15) is 18.3 Å². The molecule has 2 aliphatic heterocycles. The van der Waals surface area contributed by atoms with Gasteiger partial charge in [-0.05, 0) is 35.9 Å². The van der Waals surface area contributed by atoms with E-state index in [9.17, 15) is 22.8 Å². The van der Waals surface area contributed by atoms with Gasteiger partial charge in [0.2, 0.25) is 0 Å². The summed E-state index contributed by atoms with van der Waals surface area (Å²) in [6.45, 7) is 2.81. The van der Waals surface area contributed by atoms with E-state index in [1.807, 2.05) is 23.1 Å². The van der Waals surface area contributed by atoms with E-state index in [1.165, 1.54) is 12.1 Å². The van der Waals surface area contributed by atoms with Gasteiger partial charge in [-0.3, -0.25) is 14.3 Å². The average molecular weight is 518 g/mol. The third-order valence-electron chi connectivity index (χ3n) is 6.46. The van der Waals surface area contributed by atoms with Crippen molar-refractivity contribution in [2.45, 2.75) is 19.3 Å². The smallest absolute Gasteiger partial charge is 0.368 e. The first-order valence-electron chi connectivity index (χ1n) is 11.5. The molecule has 1 aromatic heterocycles. The Balaban J connectivity index is 1.23. The second kappa shape index (κ2) is 9.50. The minimum Gasteiger partial charge on any atom is -0.368 e. The fourth-order valence-electron chi connectivity index (χ4n) is 4.56. The molecule has 3 heterocycles. The molecule has 0 unspecified atom stereocenters. The van der Waals surface area contributed by atoms with Crippen molar-refractivity contribution in [3.63, 3.8) is 0 Å². The number of alkyl halides is 3. The summed E-state index contributed by atoms with van der Waals surface area (Å²) in [4.78, 5) is 31.3. The van der Waals surface area contributed by atoms with Crippen molar-refractivity contribution in [3.05, 3.63) is 82.1 Å². The molecule has 5 rings (SSSR count). The quantitative estimate of drug-likeness (QED) is 0.521. The molecule has 1 fully saturated rings. The molecule has 0 spiro atoms. The summed E-state index contributed by atoms with van der Waals surface area (Å²) in [5.41, 5.74) is 1.24. The monoisotopic (exact) mass is 517 g/mol. The van der Waals surface area contributed by atoms with E-state index in [0.29, 0.717) is 62.2 Å². The van der Waals surface area contributed by atoms with Crippen LogP contribution in [0.5, 0.6) is 0 Å². The van der Waals surface area contributed by atoms with Gasteiger partial charge in [-0.25, -0.2) is 0 Å². The van der Waals surface area contributed by atoms with Gasteiger partial charge >= 0.3 is 6.18 Å². The minimum atomic E-state index is -4.41. The number of fused-ring (bicyclic) bond motifs is 1. The first-order valence-corrected chi connectivity index (χ1v) is 11.9. The topological polar surface area (TPSA) is 61.7 Å². The van der Waals surface area contributed by atoms with Crippen molar-refractivity contribution in [3.8, 4) is 0 Å². The Morgan fingerprint density at radius 1 is 0.944 bits per heavy atom. The number of anilines is 1. The molecule has 188 valence electrons. The van der Waals surface area contributed by atoms with Crippen LogP contribution in [0.3, 0.4) is 0 Å². The SMILES string of the molecule is O=C(c1cc2n(n1)CCN(Cc1cccc(Cl)c1)C2=O)N1CCN(c2cccc(C(F)(F)F)c2)CC1. The molecule has 0 atom stereocenters. The third kappa shape index (κ3) is 4.90. The van der Waals surface area contributed by atoms with Gasteiger partial charge in [-0.15, -0.1) is 0 Å². The molecule has 3 aromatic rings. The number of hydrogen-bond donors (Lipinski definition) is 0. The number of hydrogen-bond acceptors (Lipinski definition) is 4. The zero-order valence-electron chi connectivity index (χ0n) is 19.2. The van der Waals surface area contributed by atoms with Crippen LogP contribution >= 0.6 is 11.6 Å². The lowest BCUT2D eigenvalue weighted by atomic mass is 10.1. The van der Waals surface area contributed by atoms with E-state index < -0.39 is 11.7 Å². The first kappa shape index (κ1) is 24.2. The van der Waals surface area contributed by atoms with Crippen LogP contribution in [0.15, 0.2) is 54.6 Å². The van der Waals surface area contributed by atoms with Crippen LogP contribution in [-0.4, -0.2) is 64.1 Å². The predicted molar refractivity (Wildman–Crippen MR) is 128 cm³/mol. The first-order chi connectivity index (χ1) is 17.2. The van der Waals surface area contributed by atoms with Crippen LogP contribution < -0.4 is 4.90 Å². The Hall–Kier alpha value is -3.53. The number of carbonyl (C=O) groups excluding carboxylic acids is 2. The zero-order valence-corrected chi connectivity index (χ0v) is 20.0. The number of carbonyl (C=O) groups is 2. The minimum absolute atomic E-state index is 0.190. The molecule has 1 saturated heterocycles. The third-order valence-corrected chi connectivity index (χ3v) is 6.69. The van der Waals surface area contributed by atoms with Gasteiger partial charge in [0.25, 0.3) is 11.8 Å². The van der Waals surface area contributed by atoms with E-state index in [4.69, 9.17) is 11.6 Å². The van der Waals surface area contributed by atoms with Gasteiger partial charge in [0.05, 0.1) is 12.1 Å². The van der Waals surface area contributed by atoms with Crippen molar-refractivity contribution < 1.29 is 22.8 Å². The summed E-state index contributed by atoms with van der Waals surface area (Å²) in [5.74, 6) is -0.503. The molecule has 2 aromatic carbocycles. The lowest BCUT2D eigenvalue weighted by Crippen LogP contribution is -2.49. The van der Waals surface area contributed by atoms with E-state index in [0.717, 1.165) is 17.7 Å². The van der Waals surface area contributed by atoms with Crippen molar-refractivity contribution in [2.24, 2.45) is 0 Å². The Morgan fingerprint density at radius 3 is 2.42 bits per heavy atom. The maximum atomic E-state index is 13.1. The van der Waals surface area contributed by atoms with Crippen molar-refractivity contribution in [2.75, 3.05) is 37.6 Å². The molecule has 0 saturated carbocycles. The number of halogens is 4. The maximum absolute atomic E-state index is 13.1. The van der Waals surface area contributed by atoms with Crippen LogP contribution in [0.1, 0.15) is 32.1 Å². The molecular weight excluding hydrogens is 495 g/mol. The number of amides is 2. The van der Waals surface area contributed by atoms with E-state index >= 15 is 0 Å². The van der Waals surface area contributed by atoms with Crippen LogP contribution in [0.2, 0.25) is 5.02 Å². The second-order valence-corrected chi connectivity index (χ2v) is 9.26. The molecule has 7 nitrogen and oxygen atoms in total. The highest BCUT2D eigenvalue weighted by molar-refractivity contribution is 6.30. The van der Waals surface area contributed by atoms with Crippen molar-refractivity contribution in [1.29, 1.82) is 0 Å². The molecule has 36 heavy (non-hydrogen) atoms. The summed E-state index contributed by atoms with van der Waals surface area (Å²) in [7, 11) is 0. The Morgan fingerprint density at radius 2 is 1.69 bits per heavy atom. The number of piperazine rings is 1. The van der Waals surface area contributed by atoms with Gasteiger partial charge < -0.3 is 14.7 Å². The van der Waals surface area contributed by atoms with Crippen molar-refractivity contribution in [1.82, 2.24) is 19.6 Å². The highest BCUT2D eigenvalue weighted by Crippen LogP contribution is 2.32. The Kier molecular flexibility index (Phi) is 6.38. The fourth-order valence-corrected chi connectivity index (χ4v) is 4.77. The van der Waals surface area contributed by atoms with Crippen LogP contribution in [0.25, 0.3) is 0 Å². The zero-order chi connectivity index (χ0) is 25.4. The largest absolute Gasteiger partial charge is 0.416 e. The highest BCUT2D eigenvalue weighted by atomic mass is 35.5. The molecule has 2 amide bonds. The summed E-state index contributed by atoms with van der Waals surface area (Å²) in [5, 5.41) is 4.97. The van der Waals surface area contributed by atoms with Crippen LogP contribution in [0, 0.1) is 0 Å². The van der Waals surface area contributed by atoms with Crippen molar-refractivity contribution >= 4 is 29.1 Å². The molecule has 0 aliphatic carbocycles. The second-order valence-electron chi connectivity index (χ2n) is 8.82. The number of aromatic nitrogens is 2. The Bertz CT molecular complexity index is 1300. The molecule has 11 heteroatoms. The molecule has 2 aliphatic rings. The van der Waals surface area contributed by atoms with Gasteiger partial charge in [0.15, 0.2) is 5.69 Å².